The number of carbonyl (C=O) groups is 2. The summed E-state index contributed by atoms with van der Waals surface area (Å²) in [6.45, 7) is 0.296. The van der Waals surface area contributed by atoms with Crippen molar-refractivity contribution in [1.29, 1.82) is 0 Å². The second-order valence-electron chi connectivity index (χ2n) is 7.56. The van der Waals surface area contributed by atoms with Crippen LogP contribution in [-0.4, -0.2) is 37.8 Å². The molecule has 11 heteroatoms. The number of benzene rings is 2. The first-order valence-corrected chi connectivity index (χ1v) is 12.1. The van der Waals surface area contributed by atoms with Crippen LogP contribution in [0.3, 0.4) is 0 Å². The number of carbonyl (C=O) groups excluding carboxylic acids is 2. The van der Waals surface area contributed by atoms with E-state index in [9.17, 15) is 22.4 Å². The van der Waals surface area contributed by atoms with E-state index in [2.05, 4.69) is 15.6 Å². The summed E-state index contributed by atoms with van der Waals surface area (Å²) in [5.41, 5.74) is 1.41. The smallest absolute Gasteiger partial charge is 0.266 e. The van der Waals surface area contributed by atoms with E-state index in [0.717, 1.165) is 28.1 Å². The van der Waals surface area contributed by atoms with Crippen LogP contribution >= 0.6 is 11.6 Å². The summed E-state index contributed by atoms with van der Waals surface area (Å²) in [6, 6.07) is 11.5. The van der Waals surface area contributed by atoms with E-state index in [0.29, 0.717) is 13.0 Å². The number of anilines is 2. The van der Waals surface area contributed by atoms with Crippen molar-refractivity contribution in [2.24, 2.45) is 0 Å². The molecule has 1 atom stereocenters. The van der Waals surface area contributed by atoms with Gasteiger partial charge in [-0.15, -0.1) is 0 Å². The average molecular weight is 503 g/mol. The number of pyridine rings is 1. The molecular formula is C23H20ClFN4O4S. The van der Waals surface area contributed by atoms with Crippen LogP contribution in [0.2, 0.25) is 5.02 Å². The number of sulfonamides is 1. The second-order valence-corrected chi connectivity index (χ2v) is 9.75. The molecule has 0 fully saturated rings. The fraction of sp³-hybridized carbons (Fsp3) is 0.174. The summed E-state index contributed by atoms with van der Waals surface area (Å²) in [6.07, 6.45) is 3.41. The molecule has 0 bridgehead atoms. The zero-order chi connectivity index (χ0) is 24.3. The van der Waals surface area contributed by atoms with Crippen LogP contribution in [0.4, 0.5) is 15.8 Å². The van der Waals surface area contributed by atoms with Crippen molar-refractivity contribution in [1.82, 2.24) is 10.3 Å². The highest BCUT2D eigenvalue weighted by Gasteiger charge is 2.42. The Morgan fingerprint density at radius 3 is 2.62 bits per heavy atom. The van der Waals surface area contributed by atoms with Crippen LogP contribution in [0.1, 0.15) is 12.0 Å². The maximum absolute atomic E-state index is 13.6. The first-order valence-electron chi connectivity index (χ1n) is 10.3. The molecule has 34 heavy (non-hydrogen) atoms. The van der Waals surface area contributed by atoms with E-state index in [1.165, 1.54) is 6.07 Å². The summed E-state index contributed by atoms with van der Waals surface area (Å²) >= 11 is 6.05. The Morgan fingerprint density at radius 2 is 1.88 bits per heavy atom. The molecule has 0 saturated carbocycles. The molecule has 0 saturated heterocycles. The van der Waals surface area contributed by atoms with Crippen LogP contribution in [-0.2, 0) is 26.0 Å². The standard InChI is InChI=1S/C23H20ClFN4O4S/c24-17-13-16(25)5-6-21(17)34(32,33)29-19-4-2-1-3-18(19)28-23(31)20(29)14-22(30)27-12-9-15-7-10-26-11-8-15/h1-8,10-11,13,20H,9,12,14H2,(H,27,30)(H,28,31). The lowest BCUT2D eigenvalue weighted by molar-refractivity contribution is -0.125. The van der Waals surface area contributed by atoms with Crippen molar-refractivity contribution in [2.45, 2.75) is 23.8 Å². The van der Waals surface area contributed by atoms with Gasteiger partial charge in [0.15, 0.2) is 0 Å². The summed E-state index contributed by atoms with van der Waals surface area (Å²) in [5, 5.41) is 5.04. The number of nitrogens with zero attached hydrogens (tertiary/aromatic N) is 2. The number of aromatic nitrogens is 1. The van der Waals surface area contributed by atoms with Crippen molar-refractivity contribution in [3.63, 3.8) is 0 Å². The van der Waals surface area contributed by atoms with Crippen molar-refractivity contribution in [3.8, 4) is 0 Å². The molecule has 8 nitrogen and oxygen atoms in total. The molecule has 176 valence electrons. The van der Waals surface area contributed by atoms with Gasteiger partial charge in [0.25, 0.3) is 10.0 Å². The van der Waals surface area contributed by atoms with Gasteiger partial charge in [0.2, 0.25) is 11.8 Å². The highest BCUT2D eigenvalue weighted by molar-refractivity contribution is 7.93. The normalized spacial score (nSPS) is 15.4. The molecule has 0 radical (unpaired) electrons. The number of amides is 2. The Bertz CT molecular complexity index is 1340. The Labute approximate surface area is 200 Å². The van der Waals surface area contributed by atoms with Crippen molar-refractivity contribution >= 4 is 44.8 Å². The van der Waals surface area contributed by atoms with Crippen LogP contribution in [0.25, 0.3) is 0 Å². The molecule has 1 unspecified atom stereocenters. The number of para-hydroxylation sites is 2. The predicted octanol–water partition coefficient (Wildman–Crippen LogP) is 3.14. The minimum Gasteiger partial charge on any atom is -0.356 e. The number of fused-ring (bicyclic) bond motifs is 1. The third-order valence-corrected chi connectivity index (χ3v) is 7.59. The van der Waals surface area contributed by atoms with Gasteiger partial charge in [0, 0.05) is 18.9 Å². The van der Waals surface area contributed by atoms with E-state index in [-0.39, 0.29) is 21.3 Å². The van der Waals surface area contributed by atoms with Crippen LogP contribution in [0, 0.1) is 5.82 Å². The number of hydrogen-bond acceptors (Lipinski definition) is 5. The maximum Gasteiger partial charge on any atom is 0.266 e. The molecule has 2 N–H and O–H groups in total. The minimum absolute atomic E-state index is 0.178. The zero-order valence-electron chi connectivity index (χ0n) is 17.7. The highest BCUT2D eigenvalue weighted by atomic mass is 35.5. The first kappa shape index (κ1) is 23.7. The zero-order valence-corrected chi connectivity index (χ0v) is 19.3. The van der Waals surface area contributed by atoms with Gasteiger partial charge in [-0.25, -0.2) is 12.8 Å². The molecule has 2 heterocycles. The summed E-state index contributed by atoms with van der Waals surface area (Å²) in [7, 11) is -4.43. The Balaban J connectivity index is 1.62. The third-order valence-electron chi connectivity index (χ3n) is 5.28. The fourth-order valence-corrected chi connectivity index (χ4v) is 5.81. The molecule has 1 aliphatic heterocycles. The molecule has 1 aromatic heterocycles. The maximum atomic E-state index is 13.6. The molecule has 1 aliphatic rings. The predicted molar refractivity (Wildman–Crippen MR) is 126 cm³/mol. The number of nitrogens with one attached hydrogen (secondary N) is 2. The molecule has 2 amide bonds. The average Bonchev–Trinajstić information content (AvgIpc) is 2.80. The molecule has 2 aromatic carbocycles. The summed E-state index contributed by atoms with van der Waals surface area (Å²) in [5.74, 6) is -1.87. The van der Waals surface area contributed by atoms with Gasteiger partial charge in [-0.05, 0) is 54.4 Å². The van der Waals surface area contributed by atoms with E-state index in [1.54, 1.807) is 30.6 Å². The SMILES string of the molecule is O=C(CC1C(=O)Nc2ccccc2N1S(=O)(=O)c1ccc(F)cc1Cl)NCCc1ccncc1. The second kappa shape index (κ2) is 9.78. The van der Waals surface area contributed by atoms with Gasteiger partial charge in [0.1, 0.15) is 16.8 Å². The Kier molecular flexibility index (Phi) is 6.80. The van der Waals surface area contributed by atoms with Gasteiger partial charge in [-0.2, -0.15) is 0 Å². The molecule has 3 aromatic rings. The lowest BCUT2D eigenvalue weighted by atomic mass is 10.1. The molecular weight excluding hydrogens is 483 g/mol. The first-order chi connectivity index (χ1) is 16.3. The van der Waals surface area contributed by atoms with Gasteiger partial charge >= 0.3 is 0 Å². The van der Waals surface area contributed by atoms with Crippen molar-refractivity contribution < 1.29 is 22.4 Å². The number of hydrogen-bond donors (Lipinski definition) is 2. The van der Waals surface area contributed by atoms with Gasteiger partial charge in [-0.3, -0.25) is 18.9 Å². The van der Waals surface area contributed by atoms with E-state index in [4.69, 9.17) is 11.6 Å². The highest BCUT2D eigenvalue weighted by Crippen LogP contribution is 2.38. The quantitative estimate of drug-likeness (QED) is 0.516. The fourth-order valence-electron chi connectivity index (χ4n) is 3.67. The Morgan fingerprint density at radius 1 is 1.15 bits per heavy atom. The van der Waals surface area contributed by atoms with E-state index in [1.807, 2.05) is 12.1 Å². The van der Waals surface area contributed by atoms with Gasteiger partial charge in [0.05, 0.1) is 22.8 Å². The van der Waals surface area contributed by atoms with E-state index < -0.39 is 40.1 Å². The van der Waals surface area contributed by atoms with E-state index >= 15 is 0 Å². The molecule has 0 spiro atoms. The lowest BCUT2D eigenvalue weighted by Crippen LogP contribution is -2.52. The van der Waals surface area contributed by atoms with Crippen molar-refractivity contribution in [2.75, 3.05) is 16.2 Å². The summed E-state index contributed by atoms with van der Waals surface area (Å²) < 4.78 is 41.7. The topological polar surface area (TPSA) is 108 Å². The van der Waals surface area contributed by atoms with Crippen LogP contribution < -0.4 is 14.9 Å². The van der Waals surface area contributed by atoms with Gasteiger partial charge < -0.3 is 10.6 Å². The number of halogens is 2. The van der Waals surface area contributed by atoms with Crippen LogP contribution in [0.5, 0.6) is 0 Å². The Hall–Kier alpha value is -3.50. The molecule has 0 aliphatic carbocycles. The third kappa shape index (κ3) is 4.87. The van der Waals surface area contributed by atoms with Crippen LogP contribution in [0.15, 0.2) is 71.9 Å². The molecule has 4 rings (SSSR count). The van der Waals surface area contributed by atoms with Gasteiger partial charge in [-0.1, -0.05) is 23.7 Å². The monoisotopic (exact) mass is 502 g/mol. The lowest BCUT2D eigenvalue weighted by Gasteiger charge is -2.36. The minimum atomic E-state index is -4.43. The number of rotatable bonds is 7. The van der Waals surface area contributed by atoms with Crippen molar-refractivity contribution in [3.05, 3.63) is 83.4 Å². The largest absolute Gasteiger partial charge is 0.356 e. The summed E-state index contributed by atoms with van der Waals surface area (Å²) in [4.78, 5) is 29.2.